The highest BCUT2D eigenvalue weighted by molar-refractivity contribution is 7.19. The standard InChI is InChI=1S/C30H38N12O2S2/c1-17-23(45-27(33)37-17)19-9-7-11-21(15-19)39-25(31)41-29(43)35-13-5-3-4-6-14-36-30(44)42-26(32)40-22-12-8-10-20(16-22)24-18(2)38-28(34)46-24/h7-12,15-16H,3-6,13-14H2,1-2H3,(H2,33,37)(H2,34,38)(H4,31,35,39,41,43)(H4,32,36,40,42,44). The minimum absolute atomic E-state index is 0.0182. The molecule has 16 heteroatoms. The summed E-state index contributed by atoms with van der Waals surface area (Å²) in [4.78, 5) is 43.4. The van der Waals surface area contributed by atoms with E-state index in [4.69, 9.17) is 22.9 Å². The molecule has 0 spiro atoms. The molecule has 0 radical (unpaired) electrons. The molecule has 0 saturated carbocycles. The van der Waals surface area contributed by atoms with Crippen LogP contribution in [0.3, 0.4) is 0 Å². The van der Waals surface area contributed by atoms with Gasteiger partial charge in [-0.15, -0.1) is 0 Å². The van der Waals surface area contributed by atoms with E-state index in [1.807, 2.05) is 50.2 Å². The largest absolute Gasteiger partial charge is 0.375 e. The Hall–Kier alpha value is -5.22. The van der Waals surface area contributed by atoms with Crippen molar-refractivity contribution in [2.45, 2.75) is 39.5 Å². The second-order valence-corrected chi connectivity index (χ2v) is 12.3. The van der Waals surface area contributed by atoms with Gasteiger partial charge in [0.05, 0.1) is 32.5 Å². The average Bonchev–Trinajstić information content (AvgIpc) is 3.52. The topological polar surface area (TPSA) is 237 Å². The molecular weight excluding hydrogens is 625 g/mol. The number of nitrogen functional groups attached to an aromatic ring is 2. The van der Waals surface area contributed by atoms with Gasteiger partial charge >= 0.3 is 12.1 Å². The number of nitrogens with zero attached hydrogens (tertiary/aromatic N) is 4. The fraction of sp³-hybridized carbons (Fsp3) is 0.267. The summed E-state index contributed by atoms with van der Waals surface area (Å²) in [6.45, 7) is 4.74. The molecule has 46 heavy (non-hydrogen) atoms. The number of aromatic nitrogens is 2. The molecule has 242 valence electrons. The summed E-state index contributed by atoms with van der Waals surface area (Å²) >= 11 is 2.80. The zero-order valence-electron chi connectivity index (χ0n) is 25.6. The second kappa shape index (κ2) is 16.2. The molecule has 0 unspecified atom stereocenters. The summed E-state index contributed by atoms with van der Waals surface area (Å²) in [7, 11) is 0. The van der Waals surface area contributed by atoms with Gasteiger partial charge < -0.3 is 33.6 Å². The van der Waals surface area contributed by atoms with E-state index < -0.39 is 12.1 Å². The fourth-order valence-electron chi connectivity index (χ4n) is 4.47. The van der Waals surface area contributed by atoms with Crippen LogP contribution in [-0.4, -0.2) is 47.0 Å². The van der Waals surface area contributed by atoms with Crippen molar-refractivity contribution in [3.63, 3.8) is 0 Å². The smallest absolute Gasteiger partial charge is 0.321 e. The number of rotatable bonds is 11. The van der Waals surface area contributed by atoms with Crippen molar-refractivity contribution < 1.29 is 9.59 Å². The Morgan fingerprint density at radius 1 is 0.696 bits per heavy atom. The number of carbonyl (C=O) groups excluding carboxylic acids is 2. The van der Waals surface area contributed by atoms with Crippen LogP contribution in [0.15, 0.2) is 58.5 Å². The molecule has 4 amide bonds. The Balaban J connectivity index is 1.09. The Morgan fingerprint density at radius 3 is 1.48 bits per heavy atom. The lowest BCUT2D eigenvalue weighted by Crippen LogP contribution is -2.43. The Bertz CT molecular complexity index is 1600. The summed E-state index contributed by atoms with van der Waals surface area (Å²) in [6, 6.07) is 14.0. The second-order valence-electron chi connectivity index (χ2n) is 10.2. The van der Waals surface area contributed by atoms with Crippen molar-refractivity contribution in [1.29, 1.82) is 0 Å². The maximum Gasteiger partial charge on any atom is 0.321 e. The quantitative estimate of drug-likeness (QED) is 0.0646. The molecule has 0 bridgehead atoms. The number of aliphatic imine (C=N–C) groups is 2. The van der Waals surface area contributed by atoms with Crippen molar-refractivity contribution >= 4 is 68.3 Å². The number of hydrogen-bond donors (Lipinski definition) is 8. The van der Waals surface area contributed by atoms with Crippen LogP contribution in [0.1, 0.15) is 37.1 Å². The molecule has 14 nitrogen and oxygen atoms in total. The molecule has 0 atom stereocenters. The van der Waals surface area contributed by atoms with E-state index in [0.717, 1.165) is 58.0 Å². The number of nitrogens with one attached hydrogen (secondary N) is 4. The van der Waals surface area contributed by atoms with E-state index in [2.05, 4.69) is 41.2 Å². The maximum atomic E-state index is 12.2. The summed E-state index contributed by atoms with van der Waals surface area (Å²) in [5.74, 6) is -0.0364. The summed E-state index contributed by atoms with van der Waals surface area (Å²) in [5, 5.41) is 11.6. The number of amides is 4. The first-order chi connectivity index (χ1) is 22.1. The van der Waals surface area contributed by atoms with Crippen LogP contribution in [0.2, 0.25) is 0 Å². The zero-order chi connectivity index (χ0) is 33.1. The monoisotopic (exact) mass is 662 g/mol. The number of urea groups is 2. The summed E-state index contributed by atoms with van der Waals surface area (Å²) in [5.41, 5.74) is 28.2. The molecule has 4 rings (SSSR count). The molecule has 0 fully saturated rings. The van der Waals surface area contributed by atoms with E-state index in [-0.39, 0.29) is 11.9 Å². The van der Waals surface area contributed by atoms with E-state index >= 15 is 0 Å². The highest BCUT2D eigenvalue weighted by Gasteiger charge is 2.10. The van der Waals surface area contributed by atoms with Crippen molar-refractivity contribution in [2.24, 2.45) is 21.5 Å². The number of aryl methyl sites for hydroxylation is 2. The minimum Gasteiger partial charge on any atom is -0.375 e. The average molecular weight is 663 g/mol. The Labute approximate surface area is 274 Å². The SMILES string of the molecule is Cc1nc(N)sc1-c1cccc(N=C(N)NC(=O)NCCCCCCNC(=O)NC(N)=Nc2cccc(-c3sc(N)nc3C)c2)c1. The summed E-state index contributed by atoms with van der Waals surface area (Å²) < 4.78 is 0. The van der Waals surface area contributed by atoms with Crippen LogP contribution in [0.25, 0.3) is 20.9 Å². The third-order valence-electron chi connectivity index (χ3n) is 6.50. The summed E-state index contributed by atoms with van der Waals surface area (Å²) in [6.07, 6.45) is 3.27. The van der Waals surface area contributed by atoms with E-state index in [9.17, 15) is 9.59 Å². The lowest BCUT2D eigenvalue weighted by molar-refractivity contribution is 0.243. The highest BCUT2D eigenvalue weighted by Crippen LogP contribution is 2.34. The van der Waals surface area contributed by atoms with Crippen LogP contribution in [-0.2, 0) is 0 Å². The van der Waals surface area contributed by atoms with Crippen LogP contribution in [0, 0.1) is 13.8 Å². The minimum atomic E-state index is -0.434. The molecule has 0 saturated heterocycles. The molecule has 2 aromatic carbocycles. The predicted octanol–water partition coefficient (Wildman–Crippen LogP) is 4.47. The lowest BCUT2D eigenvalue weighted by atomic mass is 10.1. The number of nitrogens with two attached hydrogens (primary N) is 4. The van der Waals surface area contributed by atoms with Gasteiger partial charge in [0, 0.05) is 13.1 Å². The number of guanidine groups is 2. The first kappa shape index (κ1) is 33.7. The third kappa shape index (κ3) is 10.2. The number of benzene rings is 2. The van der Waals surface area contributed by atoms with Gasteiger partial charge in [0.25, 0.3) is 0 Å². The van der Waals surface area contributed by atoms with Crippen molar-refractivity contribution in [1.82, 2.24) is 31.2 Å². The first-order valence-electron chi connectivity index (χ1n) is 14.5. The number of thiazole rings is 2. The van der Waals surface area contributed by atoms with Gasteiger partial charge in [0.15, 0.2) is 10.3 Å². The van der Waals surface area contributed by atoms with Gasteiger partial charge in [0.2, 0.25) is 11.9 Å². The van der Waals surface area contributed by atoms with Crippen LogP contribution in [0.5, 0.6) is 0 Å². The molecule has 4 aromatic rings. The number of carbonyl (C=O) groups is 2. The van der Waals surface area contributed by atoms with Gasteiger partial charge in [-0.3, -0.25) is 10.6 Å². The van der Waals surface area contributed by atoms with Crippen LogP contribution >= 0.6 is 22.7 Å². The molecule has 0 aliphatic heterocycles. The van der Waals surface area contributed by atoms with Crippen molar-refractivity contribution in [3.05, 3.63) is 59.9 Å². The van der Waals surface area contributed by atoms with Crippen LogP contribution in [0.4, 0.5) is 31.2 Å². The molecule has 0 aliphatic carbocycles. The van der Waals surface area contributed by atoms with Gasteiger partial charge in [-0.2, -0.15) is 0 Å². The van der Waals surface area contributed by atoms with E-state index in [1.165, 1.54) is 22.7 Å². The van der Waals surface area contributed by atoms with Gasteiger partial charge in [-0.1, -0.05) is 59.8 Å². The van der Waals surface area contributed by atoms with E-state index in [1.54, 1.807) is 12.1 Å². The number of unbranched alkanes of at least 4 members (excludes halogenated alkanes) is 3. The van der Waals surface area contributed by atoms with Crippen LogP contribution < -0.4 is 44.2 Å². The molecule has 2 aromatic heterocycles. The molecular formula is C30H38N12O2S2. The Kier molecular flexibility index (Phi) is 11.9. The maximum absolute atomic E-state index is 12.2. The number of anilines is 2. The Morgan fingerprint density at radius 2 is 1.11 bits per heavy atom. The van der Waals surface area contributed by atoms with Gasteiger partial charge in [-0.05, 0) is 62.1 Å². The highest BCUT2D eigenvalue weighted by atomic mass is 32.1. The zero-order valence-corrected chi connectivity index (χ0v) is 27.2. The molecule has 0 aliphatic rings. The third-order valence-corrected chi connectivity index (χ3v) is 8.57. The molecule has 2 heterocycles. The van der Waals surface area contributed by atoms with Gasteiger partial charge in [0.1, 0.15) is 0 Å². The first-order valence-corrected chi connectivity index (χ1v) is 16.2. The van der Waals surface area contributed by atoms with E-state index in [0.29, 0.717) is 34.7 Å². The number of hydrogen-bond acceptors (Lipinski definition) is 10. The lowest BCUT2D eigenvalue weighted by Gasteiger charge is -2.08. The fourth-order valence-corrected chi connectivity index (χ4v) is 6.13. The van der Waals surface area contributed by atoms with Crippen molar-refractivity contribution in [2.75, 3.05) is 24.6 Å². The molecule has 12 N–H and O–H groups in total. The normalized spacial score (nSPS) is 11.7. The van der Waals surface area contributed by atoms with Gasteiger partial charge in [-0.25, -0.2) is 29.5 Å². The van der Waals surface area contributed by atoms with Crippen molar-refractivity contribution in [3.8, 4) is 20.9 Å². The predicted molar refractivity (Wildman–Crippen MR) is 188 cm³/mol.